The molecule has 2 aromatic rings. The molecule has 3 rings (SSSR count). The summed E-state index contributed by atoms with van der Waals surface area (Å²) in [7, 11) is -0.609. The lowest BCUT2D eigenvalue weighted by molar-refractivity contribution is 0.00578. The molecule has 1 amide bonds. The van der Waals surface area contributed by atoms with Crippen molar-refractivity contribution < 1.29 is 18.8 Å². The number of ether oxygens (including phenoxy) is 1. The first-order chi connectivity index (χ1) is 14.6. The maximum absolute atomic E-state index is 12.3. The van der Waals surface area contributed by atoms with Crippen LogP contribution in [0.4, 0.5) is 4.79 Å². The first-order valence-corrected chi connectivity index (χ1v) is 11.2. The van der Waals surface area contributed by atoms with Crippen LogP contribution in [0.15, 0.2) is 58.5 Å². The van der Waals surface area contributed by atoms with Crippen LogP contribution in [0.25, 0.3) is 6.08 Å². The minimum Gasteiger partial charge on any atom is -0.445 e. The number of hydrogen-bond acceptors (Lipinski definition) is 4. The van der Waals surface area contributed by atoms with Crippen LogP contribution in [-0.4, -0.2) is 31.0 Å². The molecule has 164 valence electrons. The van der Waals surface area contributed by atoms with Gasteiger partial charge in [0.25, 0.3) is 0 Å². The molecule has 8 heteroatoms. The Morgan fingerprint density at radius 2 is 1.77 bits per heavy atom. The highest BCUT2D eigenvalue weighted by Gasteiger charge is 2.52. The maximum Gasteiger partial charge on any atom is 0.492 e. The second-order valence-electron chi connectivity index (χ2n) is 8.40. The molecule has 0 spiro atoms. The van der Waals surface area contributed by atoms with Gasteiger partial charge in [-0.25, -0.2) is 4.79 Å². The van der Waals surface area contributed by atoms with Gasteiger partial charge in [-0.05, 0) is 72.4 Å². The van der Waals surface area contributed by atoms with E-state index >= 15 is 0 Å². The fourth-order valence-corrected chi connectivity index (χ4v) is 3.40. The fourth-order valence-electron chi connectivity index (χ4n) is 2.96. The first-order valence-electron chi connectivity index (χ1n) is 10.0. The van der Waals surface area contributed by atoms with Gasteiger partial charge >= 0.3 is 13.2 Å². The summed E-state index contributed by atoms with van der Waals surface area (Å²) < 4.78 is 18.5. The van der Waals surface area contributed by atoms with Crippen molar-refractivity contribution in [3.05, 3.63) is 74.6 Å². The average Bonchev–Trinajstić information content (AvgIpc) is 2.94. The van der Waals surface area contributed by atoms with Gasteiger partial charge in [0, 0.05) is 11.0 Å². The minimum atomic E-state index is -0.609. The smallest absolute Gasteiger partial charge is 0.445 e. The highest BCUT2D eigenvalue weighted by molar-refractivity contribution is 9.10. The van der Waals surface area contributed by atoms with Crippen molar-refractivity contribution >= 4 is 46.8 Å². The molecule has 31 heavy (non-hydrogen) atoms. The van der Waals surface area contributed by atoms with Gasteiger partial charge in [0.15, 0.2) is 0 Å². The molecule has 2 aromatic carbocycles. The van der Waals surface area contributed by atoms with E-state index in [-0.39, 0.29) is 13.2 Å². The van der Waals surface area contributed by atoms with Gasteiger partial charge in [-0.3, -0.25) is 0 Å². The Hall–Kier alpha value is -1.80. The summed E-state index contributed by atoms with van der Waals surface area (Å²) in [6, 6.07) is 15.2. The Balaban J connectivity index is 1.73. The maximum atomic E-state index is 12.3. The lowest BCUT2D eigenvalue weighted by Gasteiger charge is -2.32. The molecule has 0 unspecified atom stereocenters. The number of amides is 1. The summed E-state index contributed by atoms with van der Waals surface area (Å²) in [5.41, 5.74) is 1.55. The number of rotatable bonds is 6. The molecular formula is C23H26BBrClNO4. The summed E-state index contributed by atoms with van der Waals surface area (Å²) >= 11 is 9.65. The van der Waals surface area contributed by atoms with Crippen LogP contribution < -0.4 is 5.32 Å². The second kappa shape index (κ2) is 9.78. The number of halogens is 2. The zero-order valence-electron chi connectivity index (χ0n) is 18.1. The minimum absolute atomic E-state index is 0.199. The average molecular weight is 507 g/mol. The van der Waals surface area contributed by atoms with Gasteiger partial charge in [-0.15, -0.1) is 0 Å². The molecule has 1 heterocycles. The Morgan fingerprint density at radius 3 is 2.39 bits per heavy atom. The third-order valence-electron chi connectivity index (χ3n) is 5.50. The summed E-state index contributed by atoms with van der Waals surface area (Å²) in [5.74, 6) is 0. The normalized spacial score (nSPS) is 17.5. The zero-order chi connectivity index (χ0) is 22.6. The Bertz CT molecular complexity index is 949. The highest BCUT2D eigenvalue weighted by atomic mass is 79.9. The molecule has 0 bridgehead atoms. The van der Waals surface area contributed by atoms with Crippen LogP contribution >= 0.6 is 27.5 Å². The molecule has 0 atom stereocenters. The number of hydrogen-bond donors (Lipinski definition) is 1. The van der Waals surface area contributed by atoms with E-state index in [1.165, 1.54) is 0 Å². The van der Waals surface area contributed by atoms with Crippen molar-refractivity contribution in [1.82, 2.24) is 5.32 Å². The molecule has 5 nitrogen and oxygen atoms in total. The number of carbonyl (C=O) groups excluding carboxylic acids is 1. The van der Waals surface area contributed by atoms with E-state index < -0.39 is 24.4 Å². The van der Waals surface area contributed by atoms with Gasteiger partial charge in [0.1, 0.15) is 6.61 Å². The molecule has 1 aliphatic heterocycles. The molecule has 1 fully saturated rings. The van der Waals surface area contributed by atoms with Crippen molar-refractivity contribution in [2.45, 2.75) is 45.5 Å². The molecule has 1 N–H and O–H groups in total. The van der Waals surface area contributed by atoms with E-state index in [0.29, 0.717) is 5.02 Å². The summed E-state index contributed by atoms with van der Waals surface area (Å²) in [4.78, 5) is 12.3. The van der Waals surface area contributed by atoms with Gasteiger partial charge < -0.3 is 19.4 Å². The molecule has 1 aliphatic rings. The third kappa shape index (κ3) is 6.13. The van der Waals surface area contributed by atoms with E-state index in [0.717, 1.165) is 21.1 Å². The second-order valence-corrected chi connectivity index (χ2v) is 9.66. The van der Waals surface area contributed by atoms with Crippen LogP contribution in [0, 0.1) is 0 Å². The quantitative estimate of drug-likeness (QED) is 0.485. The molecule has 1 saturated heterocycles. The Morgan fingerprint density at radius 1 is 1.13 bits per heavy atom. The standard InChI is InChI=1S/C23H26BBrClNO4/c1-22(2)23(3,4)31-24(30-22)18(12-17-10-11-19(25)20(26)13-17)14-27-21(28)29-15-16-8-6-5-7-9-16/h5-13H,14-15H2,1-4H3,(H,27,28). The summed E-state index contributed by atoms with van der Waals surface area (Å²) in [6.45, 7) is 8.36. The third-order valence-corrected chi connectivity index (χ3v) is 6.73. The number of nitrogens with one attached hydrogen (secondary N) is 1. The van der Waals surface area contributed by atoms with Crippen molar-refractivity contribution in [2.24, 2.45) is 0 Å². The number of alkyl carbamates (subject to hydrolysis) is 1. The lowest BCUT2D eigenvalue weighted by atomic mass is 9.77. The number of benzene rings is 2. The topological polar surface area (TPSA) is 56.8 Å². The van der Waals surface area contributed by atoms with E-state index in [1.807, 2.05) is 82.3 Å². The van der Waals surface area contributed by atoms with Crippen LogP contribution in [0.5, 0.6) is 0 Å². The predicted molar refractivity (Wildman–Crippen MR) is 128 cm³/mol. The monoisotopic (exact) mass is 505 g/mol. The van der Waals surface area contributed by atoms with Crippen LogP contribution in [0.3, 0.4) is 0 Å². The van der Waals surface area contributed by atoms with Crippen LogP contribution in [0.1, 0.15) is 38.8 Å². The van der Waals surface area contributed by atoms with Gasteiger partial charge in [-0.1, -0.05) is 54.1 Å². The van der Waals surface area contributed by atoms with E-state index in [2.05, 4.69) is 21.2 Å². The van der Waals surface area contributed by atoms with Gasteiger partial charge in [-0.2, -0.15) is 0 Å². The van der Waals surface area contributed by atoms with Crippen molar-refractivity contribution in [1.29, 1.82) is 0 Å². The van der Waals surface area contributed by atoms with Crippen molar-refractivity contribution in [3.63, 3.8) is 0 Å². The van der Waals surface area contributed by atoms with Crippen molar-refractivity contribution in [2.75, 3.05) is 6.54 Å². The number of carbonyl (C=O) groups is 1. The Kier molecular flexibility index (Phi) is 7.53. The largest absolute Gasteiger partial charge is 0.492 e. The SMILES string of the molecule is CC1(C)OB(C(=Cc2ccc(Br)c(Cl)c2)CNC(=O)OCc2ccccc2)OC1(C)C. The highest BCUT2D eigenvalue weighted by Crippen LogP contribution is 2.39. The Labute approximate surface area is 197 Å². The first kappa shape index (κ1) is 23.9. The van der Waals surface area contributed by atoms with Crippen molar-refractivity contribution in [3.8, 4) is 0 Å². The van der Waals surface area contributed by atoms with E-state index in [9.17, 15) is 4.79 Å². The molecule has 0 aromatic heterocycles. The zero-order valence-corrected chi connectivity index (χ0v) is 20.4. The molecule has 0 aliphatic carbocycles. The van der Waals surface area contributed by atoms with Gasteiger partial charge in [0.2, 0.25) is 0 Å². The van der Waals surface area contributed by atoms with Crippen LogP contribution in [-0.2, 0) is 20.7 Å². The molecular weight excluding hydrogens is 480 g/mol. The van der Waals surface area contributed by atoms with Gasteiger partial charge in [0.05, 0.1) is 16.2 Å². The molecule has 0 radical (unpaired) electrons. The fraction of sp³-hybridized carbons (Fsp3) is 0.348. The van der Waals surface area contributed by atoms with E-state index in [1.54, 1.807) is 0 Å². The predicted octanol–water partition coefficient (Wildman–Crippen LogP) is 6.04. The van der Waals surface area contributed by atoms with Crippen LogP contribution in [0.2, 0.25) is 5.02 Å². The summed E-state index contributed by atoms with van der Waals surface area (Å²) in [6.07, 6.45) is 1.40. The molecule has 0 saturated carbocycles. The van der Waals surface area contributed by atoms with E-state index in [4.69, 9.17) is 25.6 Å². The summed E-state index contributed by atoms with van der Waals surface area (Å²) in [5, 5.41) is 3.39. The lowest BCUT2D eigenvalue weighted by Crippen LogP contribution is -2.41.